The molecule has 1 saturated carbocycles. The van der Waals surface area contributed by atoms with Gasteiger partial charge in [-0.25, -0.2) is 0 Å². The molecule has 2 N–H and O–H groups in total. The van der Waals surface area contributed by atoms with E-state index in [-0.39, 0.29) is 12.5 Å². The van der Waals surface area contributed by atoms with Crippen LogP contribution in [0.4, 0.5) is 5.69 Å². The van der Waals surface area contributed by atoms with Crippen LogP contribution in [0.2, 0.25) is 5.02 Å². The molecule has 0 heterocycles. The van der Waals surface area contributed by atoms with Crippen molar-refractivity contribution in [3.63, 3.8) is 0 Å². The van der Waals surface area contributed by atoms with Gasteiger partial charge in [-0.1, -0.05) is 18.5 Å². The zero-order valence-corrected chi connectivity index (χ0v) is 13.4. The van der Waals surface area contributed by atoms with Crippen LogP contribution in [0.1, 0.15) is 32.6 Å². The predicted octanol–water partition coefficient (Wildman–Crippen LogP) is 3.46. The molecule has 0 atom stereocenters. The Morgan fingerprint density at radius 2 is 2.05 bits per heavy atom. The number of carbonyl (C=O) groups excluding carboxylic acids is 1. The number of methoxy groups -OCH3 is 1. The minimum Gasteiger partial charge on any atom is -0.495 e. The van der Waals surface area contributed by atoms with Crippen LogP contribution >= 0.6 is 11.6 Å². The predicted molar refractivity (Wildman–Crippen MR) is 86.1 cm³/mol. The van der Waals surface area contributed by atoms with E-state index in [0.29, 0.717) is 16.8 Å². The maximum atomic E-state index is 11.9. The SMILES string of the molecule is COc1ccc(NCC(=O)NC2CCC(C)CC2)cc1Cl. The first-order chi connectivity index (χ1) is 10.1. The molecule has 21 heavy (non-hydrogen) atoms. The van der Waals surface area contributed by atoms with E-state index in [0.717, 1.165) is 24.4 Å². The molecule has 1 aliphatic carbocycles. The number of hydrogen-bond donors (Lipinski definition) is 2. The Hall–Kier alpha value is -1.42. The Morgan fingerprint density at radius 1 is 1.33 bits per heavy atom. The highest BCUT2D eigenvalue weighted by Crippen LogP contribution is 2.27. The van der Waals surface area contributed by atoms with Gasteiger partial charge < -0.3 is 15.4 Å². The van der Waals surface area contributed by atoms with Crippen LogP contribution in [0.15, 0.2) is 18.2 Å². The maximum absolute atomic E-state index is 11.9. The third kappa shape index (κ3) is 4.81. The highest BCUT2D eigenvalue weighted by molar-refractivity contribution is 6.32. The quantitative estimate of drug-likeness (QED) is 0.875. The lowest BCUT2D eigenvalue weighted by atomic mass is 9.87. The highest BCUT2D eigenvalue weighted by Gasteiger charge is 2.19. The summed E-state index contributed by atoms with van der Waals surface area (Å²) in [6.07, 6.45) is 4.57. The number of rotatable bonds is 5. The smallest absolute Gasteiger partial charge is 0.239 e. The number of halogens is 1. The summed E-state index contributed by atoms with van der Waals surface area (Å²) >= 11 is 6.05. The van der Waals surface area contributed by atoms with Crippen LogP contribution in [0, 0.1) is 5.92 Å². The molecule has 0 saturated heterocycles. The van der Waals surface area contributed by atoms with Gasteiger partial charge in [0.25, 0.3) is 0 Å². The molecule has 1 amide bonds. The number of carbonyl (C=O) groups is 1. The maximum Gasteiger partial charge on any atom is 0.239 e. The van der Waals surface area contributed by atoms with E-state index in [9.17, 15) is 4.79 Å². The summed E-state index contributed by atoms with van der Waals surface area (Å²) in [5.74, 6) is 1.45. The highest BCUT2D eigenvalue weighted by atomic mass is 35.5. The van der Waals surface area contributed by atoms with E-state index >= 15 is 0 Å². The molecule has 1 aliphatic rings. The van der Waals surface area contributed by atoms with E-state index in [1.807, 2.05) is 6.07 Å². The fourth-order valence-electron chi connectivity index (χ4n) is 2.64. The first kappa shape index (κ1) is 16.0. The van der Waals surface area contributed by atoms with Crippen molar-refractivity contribution < 1.29 is 9.53 Å². The summed E-state index contributed by atoms with van der Waals surface area (Å²) in [5.41, 5.74) is 0.813. The number of hydrogen-bond acceptors (Lipinski definition) is 3. The zero-order chi connectivity index (χ0) is 15.2. The molecule has 4 nitrogen and oxygen atoms in total. The van der Waals surface area contributed by atoms with Crippen molar-refractivity contribution in [2.75, 3.05) is 19.0 Å². The van der Waals surface area contributed by atoms with Gasteiger partial charge in [0, 0.05) is 11.7 Å². The summed E-state index contributed by atoms with van der Waals surface area (Å²) in [5, 5.41) is 6.70. The molecular formula is C16H23ClN2O2. The Bertz CT molecular complexity index is 485. The lowest BCUT2D eigenvalue weighted by Gasteiger charge is -2.27. The molecule has 116 valence electrons. The van der Waals surface area contributed by atoms with Crippen molar-refractivity contribution in [1.29, 1.82) is 0 Å². The molecule has 1 fully saturated rings. The number of benzene rings is 1. The number of anilines is 1. The van der Waals surface area contributed by atoms with Crippen molar-refractivity contribution in [1.82, 2.24) is 5.32 Å². The van der Waals surface area contributed by atoms with Crippen LogP contribution in [0.3, 0.4) is 0 Å². The van der Waals surface area contributed by atoms with Gasteiger partial charge in [0.1, 0.15) is 5.75 Å². The van der Waals surface area contributed by atoms with Gasteiger partial charge in [-0.3, -0.25) is 4.79 Å². The van der Waals surface area contributed by atoms with Crippen molar-refractivity contribution >= 4 is 23.2 Å². The van der Waals surface area contributed by atoms with Crippen LogP contribution in [0.25, 0.3) is 0 Å². The summed E-state index contributed by atoms with van der Waals surface area (Å²) in [7, 11) is 1.58. The van der Waals surface area contributed by atoms with Crippen LogP contribution < -0.4 is 15.4 Å². The molecule has 1 aromatic carbocycles. The standard InChI is InChI=1S/C16H23ClN2O2/c1-11-3-5-12(6-4-11)19-16(20)10-18-13-7-8-15(21-2)14(17)9-13/h7-9,11-12,18H,3-6,10H2,1-2H3,(H,19,20). The largest absolute Gasteiger partial charge is 0.495 e. The molecule has 0 aliphatic heterocycles. The summed E-state index contributed by atoms with van der Waals surface area (Å²) < 4.78 is 5.10. The second kappa shape index (κ2) is 7.55. The molecule has 1 aromatic rings. The topological polar surface area (TPSA) is 50.4 Å². The summed E-state index contributed by atoms with van der Waals surface area (Å²) in [6, 6.07) is 5.72. The first-order valence-electron chi connectivity index (χ1n) is 7.45. The van der Waals surface area contributed by atoms with E-state index in [4.69, 9.17) is 16.3 Å². The second-order valence-corrected chi connectivity index (χ2v) is 6.13. The van der Waals surface area contributed by atoms with Crippen molar-refractivity contribution in [2.24, 2.45) is 5.92 Å². The lowest BCUT2D eigenvalue weighted by molar-refractivity contribution is -0.120. The van der Waals surface area contributed by atoms with E-state index in [1.54, 1.807) is 19.2 Å². The average molecular weight is 311 g/mol. The van der Waals surface area contributed by atoms with Crippen molar-refractivity contribution in [3.05, 3.63) is 23.2 Å². The van der Waals surface area contributed by atoms with Crippen LogP contribution in [0.5, 0.6) is 5.75 Å². The fraction of sp³-hybridized carbons (Fsp3) is 0.562. The van der Waals surface area contributed by atoms with E-state index in [2.05, 4.69) is 17.6 Å². The molecule has 0 bridgehead atoms. The van der Waals surface area contributed by atoms with Gasteiger partial charge in [-0.2, -0.15) is 0 Å². The molecule has 0 radical (unpaired) electrons. The minimum atomic E-state index is 0.0292. The third-order valence-corrected chi connectivity index (χ3v) is 4.28. The minimum absolute atomic E-state index is 0.0292. The Labute approximate surface area is 131 Å². The zero-order valence-electron chi connectivity index (χ0n) is 12.6. The molecular weight excluding hydrogens is 288 g/mol. The van der Waals surface area contributed by atoms with Crippen LogP contribution in [-0.4, -0.2) is 25.6 Å². The van der Waals surface area contributed by atoms with Crippen molar-refractivity contribution in [2.45, 2.75) is 38.6 Å². The number of ether oxygens (including phenoxy) is 1. The van der Waals surface area contributed by atoms with Gasteiger partial charge in [0.2, 0.25) is 5.91 Å². The lowest BCUT2D eigenvalue weighted by Crippen LogP contribution is -2.40. The monoisotopic (exact) mass is 310 g/mol. The number of nitrogens with one attached hydrogen (secondary N) is 2. The Kier molecular flexibility index (Phi) is 5.74. The van der Waals surface area contributed by atoms with Gasteiger partial charge in [0.15, 0.2) is 0 Å². The molecule has 0 spiro atoms. The van der Waals surface area contributed by atoms with Gasteiger partial charge in [-0.15, -0.1) is 0 Å². The normalized spacial score (nSPS) is 21.7. The Morgan fingerprint density at radius 3 is 2.67 bits per heavy atom. The van der Waals surface area contributed by atoms with Crippen molar-refractivity contribution in [3.8, 4) is 5.75 Å². The van der Waals surface area contributed by atoms with E-state index in [1.165, 1.54) is 12.8 Å². The molecule has 0 unspecified atom stereocenters. The second-order valence-electron chi connectivity index (χ2n) is 5.73. The Balaban J connectivity index is 1.77. The van der Waals surface area contributed by atoms with Crippen LogP contribution in [-0.2, 0) is 4.79 Å². The summed E-state index contributed by atoms with van der Waals surface area (Å²) in [6.45, 7) is 2.53. The third-order valence-electron chi connectivity index (χ3n) is 3.99. The average Bonchev–Trinajstić information content (AvgIpc) is 2.48. The molecule has 2 rings (SSSR count). The fourth-order valence-corrected chi connectivity index (χ4v) is 2.90. The number of amides is 1. The first-order valence-corrected chi connectivity index (χ1v) is 7.83. The molecule has 5 heteroatoms. The summed E-state index contributed by atoms with van der Waals surface area (Å²) in [4.78, 5) is 11.9. The van der Waals surface area contributed by atoms with Gasteiger partial charge in [-0.05, 0) is 49.8 Å². The van der Waals surface area contributed by atoms with Gasteiger partial charge >= 0.3 is 0 Å². The van der Waals surface area contributed by atoms with Gasteiger partial charge in [0.05, 0.1) is 18.7 Å². The van der Waals surface area contributed by atoms with E-state index < -0.39 is 0 Å². The molecule has 0 aromatic heterocycles.